The molecule has 0 bridgehead atoms. The Kier molecular flexibility index (Phi) is 6.54. The van der Waals surface area contributed by atoms with E-state index in [1.54, 1.807) is 29.7 Å². The molecule has 1 aliphatic rings. The second-order valence-corrected chi connectivity index (χ2v) is 7.03. The van der Waals surface area contributed by atoms with Gasteiger partial charge in [-0.1, -0.05) is 43.3 Å². The van der Waals surface area contributed by atoms with Crippen molar-refractivity contribution >= 4 is 29.3 Å². The SMILES string of the molecule is CCc1ccc(CNC(=O)c2ccccc2NC(=O)C2=CSCCO2)cc1. The number of benzene rings is 2. The number of thioether (sulfide) groups is 1. The van der Waals surface area contributed by atoms with Crippen molar-refractivity contribution in [1.29, 1.82) is 0 Å². The van der Waals surface area contributed by atoms with Crippen LogP contribution in [-0.4, -0.2) is 24.2 Å². The predicted octanol–water partition coefficient (Wildman–Crippen LogP) is 3.72. The lowest BCUT2D eigenvalue weighted by Gasteiger charge is -2.15. The number of rotatable bonds is 6. The molecule has 0 fully saturated rings. The highest BCUT2D eigenvalue weighted by Crippen LogP contribution is 2.20. The first-order valence-electron chi connectivity index (χ1n) is 8.88. The number of carbonyl (C=O) groups excluding carboxylic acids is 2. The molecule has 0 aromatic heterocycles. The Labute approximate surface area is 163 Å². The predicted molar refractivity (Wildman–Crippen MR) is 109 cm³/mol. The summed E-state index contributed by atoms with van der Waals surface area (Å²) < 4.78 is 5.36. The van der Waals surface area contributed by atoms with Crippen molar-refractivity contribution in [2.24, 2.45) is 0 Å². The molecule has 0 unspecified atom stereocenters. The first-order valence-corrected chi connectivity index (χ1v) is 9.93. The molecule has 2 N–H and O–H groups in total. The normalized spacial score (nSPS) is 13.3. The van der Waals surface area contributed by atoms with Gasteiger partial charge in [0, 0.05) is 17.7 Å². The van der Waals surface area contributed by atoms with Crippen molar-refractivity contribution < 1.29 is 14.3 Å². The van der Waals surface area contributed by atoms with Crippen LogP contribution in [0.2, 0.25) is 0 Å². The highest BCUT2D eigenvalue weighted by Gasteiger charge is 2.18. The highest BCUT2D eigenvalue weighted by molar-refractivity contribution is 8.02. The number of nitrogens with one attached hydrogen (secondary N) is 2. The number of aryl methyl sites for hydroxylation is 1. The van der Waals surface area contributed by atoms with Crippen LogP contribution in [-0.2, 0) is 22.5 Å². The molecule has 6 heteroatoms. The maximum absolute atomic E-state index is 12.6. The molecule has 3 rings (SSSR count). The Balaban J connectivity index is 1.65. The van der Waals surface area contributed by atoms with Crippen LogP contribution in [0.15, 0.2) is 59.7 Å². The van der Waals surface area contributed by atoms with Gasteiger partial charge in [0.2, 0.25) is 0 Å². The van der Waals surface area contributed by atoms with Gasteiger partial charge in [-0.3, -0.25) is 9.59 Å². The summed E-state index contributed by atoms with van der Waals surface area (Å²) in [4.78, 5) is 24.9. The van der Waals surface area contributed by atoms with Crippen molar-refractivity contribution in [3.63, 3.8) is 0 Å². The van der Waals surface area contributed by atoms with Crippen LogP contribution in [0, 0.1) is 0 Å². The van der Waals surface area contributed by atoms with Gasteiger partial charge < -0.3 is 15.4 Å². The van der Waals surface area contributed by atoms with Gasteiger partial charge in [-0.05, 0) is 29.7 Å². The van der Waals surface area contributed by atoms with Gasteiger partial charge in [0.25, 0.3) is 11.8 Å². The van der Waals surface area contributed by atoms with E-state index < -0.39 is 0 Å². The topological polar surface area (TPSA) is 67.4 Å². The van der Waals surface area contributed by atoms with Crippen LogP contribution < -0.4 is 10.6 Å². The molecule has 0 atom stereocenters. The quantitative estimate of drug-likeness (QED) is 0.799. The van der Waals surface area contributed by atoms with E-state index in [1.807, 2.05) is 12.1 Å². The third-order valence-electron chi connectivity index (χ3n) is 4.18. The van der Waals surface area contributed by atoms with Gasteiger partial charge in [-0.25, -0.2) is 0 Å². The number of hydrogen-bond acceptors (Lipinski definition) is 4. The van der Waals surface area contributed by atoms with Gasteiger partial charge in [-0.15, -0.1) is 11.8 Å². The maximum atomic E-state index is 12.6. The van der Waals surface area contributed by atoms with E-state index >= 15 is 0 Å². The minimum Gasteiger partial charge on any atom is -0.487 e. The van der Waals surface area contributed by atoms with Gasteiger partial charge >= 0.3 is 0 Å². The minimum atomic E-state index is -0.349. The second kappa shape index (κ2) is 9.28. The summed E-state index contributed by atoms with van der Waals surface area (Å²) in [6.07, 6.45) is 0.984. The zero-order valence-corrected chi connectivity index (χ0v) is 16.0. The summed E-state index contributed by atoms with van der Waals surface area (Å²) in [5.74, 6) is 0.517. The number of ether oxygens (including phenoxy) is 1. The molecule has 1 aliphatic heterocycles. The molecule has 2 aromatic carbocycles. The largest absolute Gasteiger partial charge is 0.487 e. The van der Waals surface area contributed by atoms with Crippen molar-refractivity contribution in [2.75, 3.05) is 17.7 Å². The monoisotopic (exact) mass is 382 g/mol. The molecule has 1 heterocycles. The van der Waals surface area contributed by atoms with Gasteiger partial charge in [-0.2, -0.15) is 0 Å². The molecule has 0 saturated heterocycles. The summed E-state index contributed by atoms with van der Waals surface area (Å²) in [6, 6.07) is 15.1. The Morgan fingerprint density at radius 3 is 2.48 bits per heavy atom. The smallest absolute Gasteiger partial charge is 0.291 e. The number of carbonyl (C=O) groups is 2. The van der Waals surface area contributed by atoms with Gasteiger partial charge in [0.1, 0.15) is 0 Å². The zero-order valence-electron chi connectivity index (χ0n) is 15.2. The summed E-state index contributed by atoms with van der Waals surface area (Å²) >= 11 is 1.53. The van der Waals surface area contributed by atoms with Crippen LogP contribution in [0.5, 0.6) is 0 Å². The third-order valence-corrected chi connectivity index (χ3v) is 4.96. The van der Waals surface area contributed by atoms with Gasteiger partial charge in [0.05, 0.1) is 17.9 Å². The van der Waals surface area contributed by atoms with E-state index in [9.17, 15) is 9.59 Å². The number of anilines is 1. The molecule has 0 radical (unpaired) electrons. The molecule has 2 aromatic rings. The average molecular weight is 382 g/mol. The fraction of sp³-hybridized carbons (Fsp3) is 0.238. The first-order chi connectivity index (χ1) is 13.2. The molecule has 5 nitrogen and oxygen atoms in total. The Morgan fingerprint density at radius 1 is 1.04 bits per heavy atom. The molecular formula is C21H22N2O3S. The molecular weight excluding hydrogens is 360 g/mol. The molecule has 140 valence electrons. The first kappa shape index (κ1) is 19.0. The molecule has 2 amide bonds. The average Bonchev–Trinajstić information content (AvgIpc) is 2.73. The third kappa shape index (κ3) is 5.14. The lowest BCUT2D eigenvalue weighted by molar-refractivity contribution is -0.116. The van der Waals surface area contributed by atoms with Crippen molar-refractivity contribution in [3.8, 4) is 0 Å². The Hall–Kier alpha value is -2.73. The van der Waals surface area contributed by atoms with Crippen LogP contribution in [0.25, 0.3) is 0 Å². The number of para-hydroxylation sites is 1. The van der Waals surface area contributed by atoms with Crippen LogP contribution in [0.3, 0.4) is 0 Å². The summed E-state index contributed by atoms with van der Waals surface area (Å²) in [5.41, 5.74) is 3.16. The second-order valence-electron chi connectivity index (χ2n) is 6.05. The summed E-state index contributed by atoms with van der Waals surface area (Å²) in [5, 5.41) is 7.37. The number of hydrogen-bond donors (Lipinski definition) is 2. The highest BCUT2D eigenvalue weighted by atomic mass is 32.2. The fourth-order valence-electron chi connectivity index (χ4n) is 2.63. The van der Waals surface area contributed by atoms with Crippen molar-refractivity contribution in [2.45, 2.75) is 19.9 Å². The van der Waals surface area contributed by atoms with Crippen LogP contribution in [0.1, 0.15) is 28.4 Å². The maximum Gasteiger partial charge on any atom is 0.291 e. The minimum absolute atomic E-state index is 0.238. The molecule has 0 spiro atoms. The summed E-state index contributed by atoms with van der Waals surface area (Å²) in [6.45, 7) is 3.04. The van der Waals surface area contributed by atoms with Crippen molar-refractivity contribution in [3.05, 3.63) is 76.4 Å². The van der Waals surface area contributed by atoms with E-state index in [0.717, 1.165) is 17.7 Å². The summed E-state index contributed by atoms with van der Waals surface area (Å²) in [7, 11) is 0. The van der Waals surface area contributed by atoms with Crippen molar-refractivity contribution in [1.82, 2.24) is 5.32 Å². The van der Waals surface area contributed by atoms with E-state index in [0.29, 0.717) is 24.4 Å². The number of amides is 2. The van der Waals surface area contributed by atoms with E-state index in [2.05, 4.69) is 29.7 Å². The Bertz CT molecular complexity index is 847. The van der Waals surface area contributed by atoms with E-state index in [4.69, 9.17) is 4.74 Å². The molecule has 27 heavy (non-hydrogen) atoms. The van der Waals surface area contributed by atoms with E-state index in [1.165, 1.54) is 17.3 Å². The standard InChI is InChI=1S/C21H22N2O3S/c1-2-15-7-9-16(10-8-15)13-22-20(24)17-5-3-4-6-18(17)23-21(25)19-14-27-12-11-26-19/h3-10,14H,2,11-13H2,1H3,(H,22,24)(H,23,25). The zero-order chi connectivity index (χ0) is 19.1. The fourth-order valence-corrected chi connectivity index (χ4v) is 3.26. The van der Waals surface area contributed by atoms with E-state index in [-0.39, 0.29) is 17.6 Å². The van der Waals surface area contributed by atoms with Gasteiger partial charge in [0.15, 0.2) is 5.76 Å². The van der Waals surface area contributed by atoms with Crippen LogP contribution in [0.4, 0.5) is 5.69 Å². The lowest BCUT2D eigenvalue weighted by Crippen LogP contribution is -2.25. The van der Waals surface area contributed by atoms with Crippen LogP contribution >= 0.6 is 11.8 Å². The lowest BCUT2D eigenvalue weighted by atomic mass is 10.1. The molecule has 0 aliphatic carbocycles. The Morgan fingerprint density at radius 2 is 1.78 bits per heavy atom. The molecule has 0 saturated carbocycles.